The molecule has 1 saturated heterocycles. The Morgan fingerprint density at radius 2 is 1.77 bits per heavy atom. The Hall–Kier alpha value is -0.910. The van der Waals surface area contributed by atoms with Gasteiger partial charge in [0.15, 0.2) is 0 Å². The number of piperidine rings is 1. The van der Waals surface area contributed by atoms with Crippen LogP contribution in [0, 0.1) is 13.8 Å². The van der Waals surface area contributed by atoms with E-state index < -0.39 is 10.0 Å². The monoisotopic (exact) mass is 324 g/mol. The lowest BCUT2D eigenvalue weighted by molar-refractivity contribution is 0.138. The number of sulfonamides is 1. The van der Waals surface area contributed by atoms with E-state index >= 15 is 0 Å². The summed E-state index contributed by atoms with van der Waals surface area (Å²) in [6, 6.07) is 6.52. The van der Waals surface area contributed by atoms with Gasteiger partial charge in [0.1, 0.15) is 0 Å². The minimum atomic E-state index is -3.36. The maximum Gasteiger partial charge on any atom is 0.243 e. The third kappa shape index (κ3) is 3.53. The van der Waals surface area contributed by atoms with Gasteiger partial charge in [-0.2, -0.15) is 4.31 Å². The first-order chi connectivity index (χ1) is 10.2. The van der Waals surface area contributed by atoms with E-state index in [-0.39, 0.29) is 0 Å². The number of aryl methyl sites for hydroxylation is 2. The first-order valence-electron chi connectivity index (χ1n) is 8.03. The van der Waals surface area contributed by atoms with E-state index in [1.807, 2.05) is 26.0 Å². The molecule has 5 heteroatoms. The zero-order chi connectivity index (χ0) is 16.5. The summed E-state index contributed by atoms with van der Waals surface area (Å²) in [5.74, 6) is 0. The molecule has 0 aromatic heterocycles. The van der Waals surface area contributed by atoms with Crippen molar-refractivity contribution in [3.63, 3.8) is 0 Å². The van der Waals surface area contributed by atoms with E-state index in [1.165, 1.54) is 0 Å². The SMILES string of the molecule is Cc1ccc(S(=O)(=O)N2CCC(N(C)C(C)C)CC2)c(C)c1. The molecule has 0 radical (unpaired) electrons. The van der Waals surface area contributed by atoms with Crippen LogP contribution >= 0.6 is 0 Å². The topological polar surface area (TPSA) is 40.6 Å². The molecular formula is C17H28N2O2S. The molecule has 0 atom stereocenters. The number of benzene rings is 1. The molecule has 1 aliphatic rings. The van der Waals surface area contributed by atoms with E-state index in [2.05, 4.69) is 25.8 Å². The predicted octanol–water partition coefficient (Wildman–Crippen LogP) is 2.80. The molecule has 1 aromatic carbocycles. The second kappa shape index (κ2) is 6.69. The van der Waals surface area contributed by atoms with Crippen molar-refractivity contribution < 1.29 is 8.42 Å². The summed E-state index contributed by atoms with van der Waals surface area (Å²) in [5, 5.41) is 0. The van der Waals surface area contributed by atoms with Crippen LogP contribution in [0.3, 0.4) is 0 Å². The normalized spacial score (nSPS) is 18.3. The quantitative estimate of drug-likeness (QED) is 0.855. The highest BCUT2D eigenvalue weighted by atomic mass is 32.2. The smallest absolute Gasteiger partial charge is 0.243 e. The fourth-order valence-electron chi connectivity index (χ4n) is 3.14. The predicted molar refractivity (Wildman–Crippen MR) is 90.6 cm³/mol. The van der Waals surface area contributed by atoms with Gasteiger partial charge in [0.25, 0.3) is 0 Å². The largest absolute Gasteiger partial charge is 0.301 e. The Labute approximate surface area is 135 Å². The summed E-state index contributed by atoms with van der Waals surface area (Å²) in [6.07, 6.45) is 1.80. The molecule has 124 valence electrons. The Bertz CT molecular complexity index is 618. The van der Waals surface area contributed by atoms with Crippen molar-refractivity contribution >= 4 is 10.0 Å². The zero-order valence-corrected chi connectivity index (χ0v) is 15.2. The molecule has 2 rings (SSSR count). The van der Waals surface area contributed by atoms with Crippen molar-refractivity contribution in [1.82, 2.24) is 9.21 Å². The summed E-state index contributed by atoms with van der Waals surface area (Å²) in [5.41, 5.74) is 1.93. The van der Waals surface area contributed by atoms with Gasteiger partial charge in [-0.05, 0) is 59.2 Å². The maximum absolute atomic E-state index is 12.8. The van der Waals surface area contributed by atoms with Gasteiger partial charge in [0.2, 0.25) is 10.0 Å². The maximum atomic E-state index is 12.8. The van der Waals surface area contributed by atoms with Crippen LogP contribution in [-0.4, -0.2) is 49.8 Å². The molecule has 0 N–H and O–H groups in total. The molecule has 1 aromatic rings. The fraction of sp³-hybridized carbons (Fsp3) is 0.647. The van der Waals surface area contributed by atoms with Crippen molar-refractivity contribution in [1.29, 1.82) is 0 Å². The average molecular weight is 324 g/mol. The van der Waals surface area contributed by atoms with Crippen molar-refractivity contribution in [3.8, 4) is 0 Å². The summed E-state index contributed by atoms with van der Waals surface area (Å²) in [4.78, 5) is 2.80. The van der Waals surface area contributed by atoms with Crippen LogP contribution in [0.2, 0.25) is 0 Å². The molecule has 1 fully saturated rings. The Morgan fingerprint density at radius 1 is 1.18 bits per heavy atom. The highest BCUT2D eigenvalue weighted by Gasteiger charge is 2.31. The minimum absolute atomic E-state index is 0.453. The standard InChI is InChI=1S/C17H28N2O2S/c1-13(2)18(5)16-8-10-19(11-9-16)22(20,21)17-7-6-14(3)12-15(17)4/h6-7,12-13,16H,8-11H2,1-5H3. The molecule has 1 aliphatic heterocycles. The van der Waals surface area contributed by atoms with E-state index in [1.54, 1.807) is 10.4 Å². The van der Waals surface area contributed by atoms with Gasteiger partial charge in [-0.3, -0.25) is 0 Å². The summed E-state index contributed by atoms with van der Waals surface area (Å²) >= 11 is 0. The lowest BCUT2D eigenvalue weighted by Gasteiger charge is -2.38. The van der Waals surface area contributed by atoms with Crippen LogP contribution in [0.25, 0.3) is 0 Å². The van der Waals surface area contributed by atoms with Crippen molar-refractivity contribution in [2.45, 2.75) is 57.5 Å². The molecule has 22 heavy (non-hydrogen) atoms. The first kappa shape index (κ1) is 17.4. The second-order valence-electron chi connectivity index (χ2n) is 6.66. The zero-order valence-electron chi connectivity index (χ0n) is 14.3. The van der Waals surface area contributed by atoms with Gasteiger partial charge in [0.05, 0.1) is 4.90 Å². The average Bonchev–Trinajstić information content (AvgIpc) is 2.46. The fourth-order valence-corrected chi connectivity index (χ4v) is 4.81. The van der Waals surface area contributed by atoms with Crippen LogP contribution < -0.4 is 0 Å². The van der Waals surface area contributed by atoms with Crippen LogP contribution in [0.15, 0.2) is 23.1 Å². The van der Waals surface area contributed by atoms with E-state index in [0.717, 1.165) is 24.0 Å². The van der Waals surface area contributed by atoms with Gasteiger partial charge in [-0.15, -0.1) is 0 Å². The van der Waals surface area contributed by atoms with E-state index in [4.69, 9.17) is 0 Å². The van der Waals surface area contributed by atoms with Gasteiger partial charge in [-0.1, -0.05) is 17.7 Å². The van der Waals surface area contributed by atoms with E-state index in [9.17, 15) is 8.42 Å². The highest BCUT2D eigenvalue weighted by Crippen LogP contribution is 2.25. The molecule has 1 heterocycles. The Balaban J connectivity index is 2.13. The number of hydrogen-bond donors (Lipinski definition) is 0. The molecular weight excluding hydrogens is 296 g/mol. The van der Waals surface area contributed by atoms with Crippen molar-refractivity contribution in [2.24, 2.45) is 0 Å². The summed E-state index contributed by atoms with van der Waals surface area (Å²) in [7, 11) is -1.24. The molecule has 4 nitrogen and oxygen atoms in total. The molecule has 0 amide bonds. The summed E-state index contributed by atoms with van der Waals surface area (Å²) in [6.45, 7) is 9.43. The second-order valence-corrected chi connectivity index (χ2v) is 8.57. The van der Waals surface area contributed by atoms with Crippen molar-refractivity contribution in [2.75, 3.05) is 20.1 Å². The van der Waals surface area contributed by atoms with Gasteiger partial charge in [-0.25, -0.2) is 8.42 Å². The highest BCUT2D eigenvalue weighted by molar-refractivity contribution is 7.89. The lowest BCUT2D eigenvalue weighted by Crippen LogP contribution is -2.47. The number of nitrogens with zero attached hydrogens (tertiary/aromatic N) is 2. The van der Waals surface area contributed by atoms with Crippen LogP contribution in [0.1, 0.15) is 37.8 Å². The Morgan fingerprint density at radius 3 is 2.27 bits per heavy atom. The number of rotatable bonds is 4. The van der Waals surface area contributed by atoms with Crippen molar-refractivity contribution in [3.05, 3.63) is 29.3 Å². The van der Waals surface area contributed by atoms with Crippen LogP contribution in [0.4, 0.5) is 0 Å². The van der Waals surface area contributed by atoms with Crippen LogP contribution in [-0.2, 0) is 10.0 Å². The molecule has 0 unspecified atom stereocenters. The van der Waals surface area contributed by atoms with Gasteiger partial charge < -0.3 is 4.90 Å². The lowest BCUT2D eigenvalue weighted by atomic mass is 10.0. The van der Waals surface area contributed by atoms with Gasteiger partial charge in [0, 0.05) is 25.2 Å². The Kier molecular flexibility index (Phi) is 5.30. The molecule has 0 saturated carbocycles. The van der Waals surface area contributed by atoms with Gasteiger partial charge >= 0.3 is 0 Å². The van der Waals surface area contributed by atoms with Crippen LogP contribution in [0.5, 0.6) is 0 Å². The molecule has 0 aliphatic carbocycles. The third-order valence-electron chi connectivity index (χ3n) is 4.76. The number of hydrogen-bond acceptors (Lipinski definition) is 3. The minimum Gasteiger partial charge on any atom is -0.301 e. The molecule has 0 spiro atoms. The third-order valence-corrected chi connectivity index (χ3v) is 6.82. The van der Waals surface area contributed by atoms with E-state index in [0.29, 0.717) is 30.1 Å². The first-order valence-corrected chi connectivity index (χ1v) is 9.47. The molecule has 0 bridgehead atoms. The summed E-state index contributed by atoms with van der Waals surface area (Å²) < 4.78 is 27.3.